The first-order chi connectivity index (χ1) is 15.5. The number of anilines is 1. The standard InChI is InChI=1S/C20H15ClN6O4S/c21-16-6-5-14(27(29)30)9-17(16)23-18(28)12-32-20-25-24-19(13-3-1-7-22-10-13)26(20)11-15-4-2-8-31-15/h1-10H,11-12H2,(H,23,28). The summed E-state index contributed by atoms with van der Waals surface area (Å²) >= 11 is 7.22. The van der Waals surface area contributed by atoms with E-state index in [1.165, 1.54) is 30.0 Å². The maximum absolute atomic E-state index is 12.5. The third-order valence-electron chi connectivity index (χ3n) is 4.30. The molecule has 1 aromatic carbocycles. The Labute approximate surface area is 190 Å². The molecular formula is C20H15ClN6O4S. The molecule has 4 aromatic rings. The van der Waals surface area contributed by atoms with Crippen LogP contribution in [0.15, 0.2) is 70.7 Å². The minimum Gasteiger partial charge on any atom is -0.467 e. The molecule has 0 spiro atoms. The minimum atomic E-state index is -0.558. The molecule has 0 bridgehead atoms. The van der Waals surface area contributed by atoms with Crippen molar-refractivity contribution in [2.45, 2.75) is 11.7 Å². The van der Waals surface area contributed by atoms with Crippen molar-refractivity contribution >= 4 is 40.6 Å². The molecule has 1 N–H and O–H groups in total. The van der Waals surface area contributed by atoms with E-state index in [0.717, 1.165) is 5.56 Å². The molecule has 0 atom stereocenters. The summed E-state index contributed by atoms with van der Waals surface area (Å²) in [6.45, 7) is 0.366. The number of nitro benzene ring substituents is 1. The Hall–Kier alpha value is -3.70. The van der Waals surface area contributed by atoms with E-state index in [1.54, 1.807) is 30.8 Å². The van der Waals surface area contributed by atoms with Crippen molar-refractivity contribution in [3.8, 4) is 11.4 Å². The number of hydrogen-bond donors (Lipinski definition) is 1. The number of carbonyl (C=O) groups is 1. The van der Waals surface area contributed by atoms with Crippen molar-refractivity contribution in [1.29, 1.82) is 0 Å². The Morgan fingerprint density at radius 3 is 2.84 bits per heavy atom. The SMILES string of the molecule is O=C(CSc1nnc(-c2cccnc2)n1Cc1ccco1)Nc1cc([N+](=O)[O-])ccc1Cl. The summed E-state index contributed by atoms with van der Waals surface area (Å²) in [6, 6.07) is 11.1. The van der Waals surface area contributed by atoms with Gasteiger partial charge in [0.25, 0.3) is 5.69 Å². The third kappa shape index (κ3) is 4.95. The summed E-state index contributed by atoms with van der Waals surface area (Å²) in [5, 5.41) is 22.7. The fourth-order valence-corrected chi connectivity index (χ4v) is 3.75. The maximum atomic E-state index is 12.5. The number of carbonyl (C=O) groups excluding carboxylic acids is 1. The molecule has 32 heavy (non-hydrogen) atoms. The first-order valence-corrected chi connectivity index (χ1v) is 10.6. The molecule has 0 radical (unpaired) electrons. The van der Waals surface area contributed by atoms with Gasteiger partial charge in [0.1, 0.15) is 5.76 Å². The molecule has 3 aromatic heterocycles. The van der Waals surface area contributed by atoms with Gasteiger partial charge in [-0.15, -0.1) is 10.2 Å². The van der Waals surface area contributed by atoms with Crippen molar-refractivity contribution < 1.29 is 14.1 Å². The second kappa shape index (κ2) is 9.62. The molecule has 3 heterocycles. The second-order valence-electron chi connectivity index (χ2n) is 6.47. The van der Waals surface area contributed by atoms with Crippen LogP contribution in [0.3, 0.4) is 0 Å². The zero-order chi connectivity index (χ0) is 22.5. The fourth-order valence-electron chi connectivity index (χ4n) is 2.84. The highest BCUT2D eigenvalue weighted by molar-refractivity contribution is 7.99. The molecule has 0 saturated heterocycles. The molecule has 0 fully saturated rings. The number of nitro groups is 1. The topological polar surface area (TPSA) is 129 Å². The lowest BCUT2D eigenvalue weighted by Crippen LogP contribution is -2.15. The minimum absolute atomic E-state index is 0.0116. The van der Waals surface area contributed by atoms with Gasteiger partial charge in [0.05, 0.1) is 34.2 Å². The van der Waals surface area contributed by atoms with Crippen molar-refractivity contribution in [2.24, 2.45) is 0 Å². The monoisotopic (exact) mass is 470 g/mol. The second-order valence-corrected chi connectivity index (χ2v) is 7.82. The molecule has 0 aliphatic heterocycles. The number of hydrogen-bond acceptors (Lipinski definition) is 8. The smallest absolute Gasteiger partial charge is 0.271 e. The van der Waals surface area contributed by atoms with Gasteiger partial charge in [-0.3, -0.25) is 24.5 Å². The largest absolute Gasteiger partial charge is 0.467 e. The van der Waals surface area contributed by atoms with Crippen LogP contribution >= 0.6 is 23.4 Å². The number of benzene rings is 1. The van der Waals surface area contributed by atoms with E-state index in [1.807, 2.05) is 16.7 Å². The summed E-state index contributed by atoms with van der Waals surface area (Å²) in [6.07, 6.45) is 4.91. The average Bonchev–Trinajstić information content (AvgIpc) is 3.45. The highest BCUT2D eigenvalue weighted by atomic mass is 35.5. The average molecular weight is 471 g/mol. The van der Waals surface area contributed by atoms with Gasteiger partial charge in [-0.2, -0.15) is 0 Å². The first-order valence-electron chi connectivity index (χ1n) is 9.24. The molecule has 162 valence electrons. The molecule has 0 unspecified atom stereocenters. The van der Waals surface area contributed by atoms with Gasteiger partial charge in [-0.1, -0.05) is 23.4 Å². The first kappa shape index (κ1) is 21.5. The summed E-state index contributed by atoms with van der Waals surface area (Å²) < 4.78 is 7.28. The lowest BCUT2D eigenvalue weighted by atomic mass is 10.2. The predicted molar refractivity (Wildman–Crippen MR) is 119 cm³/mol. The van der Waals surface area contributed by atoms with Crippen molar-refractivity contribution in [2.75, 3.05) is 11.1 Å². The number of nitrogens with zero attached hydrogens (tertiary/aromatic N) is 5. The Bertz CT molecular complexity index is 1250. The van der Waals surface area contributed by atoms with E-state index in [4.69, 9.17) is 16.0 Å². The molecule has 1 amide bonds. The van der Waals surface area contributed by atoms with Gasteiger partial charge in [-0.25, -0.2) is 0 Å². The molecule has 0 aliphatic carbocycles. The van der Waals surface area contributed by atoms with Crippen LogP contribution in [0, 0.1) is 10.1 Å². The zero-order valence-corrected chi connectivity index (χ0v) is 17.9. The number of amides is 1. The quantitative estimate of drug-likeness (QED) is 0.229. The van der Waals surface area contributed by atoms with Crippen molar-refractivity contribution in [3.63, 3.8) is 0 Å². The van der Waals surface area contributed by atoms with Crippen LogP contribution in [0.4, 0.5) is 11.4 Å². The highest BCUT2D eigenvalue weighted by Gasteiger charge is 2.18. The van der Waals surface area contributed by atoms with Crippen LogP contribution in [0.25, 0.3) is 11.4 Å². The molecular weight excluding hydrogens is 456 g/mol. The van der Waals surface area contributed by atoms with E-state index in [-0.39, 0.29) is 22.2 Å². The van der Waals surface area contributed by atoms with Gasteiger partial charge in [-0.05, 0) is 30.3 Å². The maximum Gasteiger partial charge on any atom is 0.271 e. The number of thioether (sulfide) groups is 1. The van der Waals surface area contributed by atoms with Crippen molar-refractivity contribution in [1.82, 2.24) is 19.7 Å². The zero-order valence-electron chi connectivity index (χ0n) is 16.3. The van der Waals surface area contributed by atoms with Crippen LogP contribution in [-0.4, -0.2) is 36.3 Å². The van der Waals surface area contributed by atoms with Gasteiger partial charge in [0, 0.05) is 30.1 Å². The van der Waals surface area contributed by atoms with Gasteiger partial charge < -0.3 is 9.73 Å². The Morgan fingerprint density at radius 1 is 1.25 bits per heavy atom. The number of pyridine rings is 1. The van der Waals surface area contributed by atoms with Crippen LogP contribution < -0.4 is 5.32 Å². The number of nitrogens with one attached hydrogen (secondary N) is 1. The molecule has 4 rings (SSSR count). The van der Waals surface area contributed by atoms with Crippen LogP contribution in [0.1, 0.15) is 5.76 Å². The number of furan rings is 1. The van der Waals surface area contributed by atoms with E-state index < -0.39 is 10.8 Å². The summed E-state index contributed by atoms with van der Waals surface area (Å²) in [7, 11) is 0. The van der Waals surface area contributed by atoms with Gasteiger partial charge in [0.15, 0.2) is 11.0 Å². The molecule has 0 saturated carbocycles. The van der Waals surface area contributed by atoms with Crippen molar-refractivity contribution in [3.05, 3.63) is 82.0 Å². The normalized spacial score (nSPS) is 10.8. The summed E-state index contributed by atoms with van der Waals surface area (Å²) in [5.74, 6) is 0.874. The number of halogens is 1. The molecule has 12 heteroatoms. The Kier molecular flexibility index (Phi) is 6.47. The number of non-ortho nitro benzene ring substituents is 1. The van der Waals surface area contributed by atoms with Crippen LogP contribution in [0.2, 0.25) is 5.02 Å². The molecule has 0 aliphatic rings. The molecule has 10 nitrogen and oxygen atoms in total. The number of rotatable bonds is 8. The Morgan fingerprint density at radius 2 is 2.12 bits per heavy atom. The lowest BCUT2D eigenvalue weighted by molar-refractivity contribution is -0.384. The third-order valence-corrected chi connectivity index (χ3v) is 5.59. The van der Waals surface area contributed by atoms with E-state index >= 15 is 0 Å². The fraction of sp³-hybridized carbons (Fsp3) is 0.100. The summed E-state index contributed by atoms with van der Waals surface area (Å²) in [5.41, 5.74) is 0.766. The van der Waals surface area contributed by atoms with Gasteiger partial charge >= 0.3 is 0 Å². The van der Waals surface area contributed by atoms with Crippen LogP contribution in [0.5, 0.6) is 0 Å². The lowest BCUT2D eigenvalue weighted by Gasteiger charge is -2.09. The van der Waals surface area contributed by atoms with Gasteiger partial charge in [0.2, 0.25) is 5.91 Å². The summed E-state index contributed by atoms with van der Waals surface area (Å²) in [4.78, 5) is 27.0. The number of aromatic nitrogens is 4. The van der Waals surface area contributed by atoms with Crippen LogP contribution in [-0.2, 0) is 11.3 Å². The predicted octanol–water partition coefficient (Wildman–Crippen LogP) is 4.27. The highest BCUT2D eigenvalue weighted by Crippen LogP contribution is 2.28. The van der Waals surface area contributed by atoms with E-state index in [9.17, 15) is 14.9 Å². The Balaban J connectivity index is 1.52. The van der Waals surface area contributed by atoms with E-state index in [2.05, 4.69) is 20.5 Å². The van der Waals surface area contributed by atoms with E-state index in [0.29, 0.717) is 23.3 Å².